The Labute approximate surface area is 144 Å². The third-order valence-corrected chi connectivity index (χ3v) is 4.14. The fraction of sp³-hybridized carbons (Fsp3) is 0.222. The van der Waals surface area contributed by atoms with Crippen LogP contribution in [0.1, 0.15) is 34.6 Å². The second-order valence-electron chi connectivity index (χ2n) is 5.67. The molecule has 0 bridgehead atoms. The molecule has 2 aliphatic carbocycles. The minimum absolute atomic E-state index is 0.538. The number of fused-ring (bicyclic) bond motifs is 3. The maximum absolute atomic E-state index is 4.93. The summed E-state index contributed by atoms with van der Waals surface area (Å²) in [7, 11) is 9.87. The van der Waals surface area contributed by atoms with Gasteiger partial charge in [0.1, 0.15) is 0 Å². The molecular formula is C18H16Cl2Zr. The first-order valence-corrected chi connectivity index (χ1v) is 13.4. The molecule has 0 heterocycles. The van der Waals surface area contributed by atoms with Crippen LogP contribution in [0.15, 0.2) is 48.0 Å². The van der Waals surface area contributed by atoms with Crippen LogP contribution in [0.2, 0.25) is 0 Å². The summed E-state index contributed by atoms with van der Waals surface area (Å²) in [4.78, 5) is 0. The van der Waals surface area contributed by atoms with Crippen molar-refractivity contribution in [3.05, 3.63) is 70.3 Å². The summed E-state index contributed by atoms with van der Waals surface area (Å²) >= 11 is -0.826. The molecule has 0 radical (unpaired) electrons. The Hall–Kier alpha value is -0.357. The average molecular weight is 394 g/mol. The van der Waals surface area contributed by atoms with Crippen LogP contribution >= 0.6 is 17.0 Å². The molecule has 0 fully saturated rings. The van der Waals surface area contributed by atoms with Crippen molar-refractivity contribution < 1.29 is 20.8 Å². The van der Waals surface area contributed by atoms with Gasteiger partial charge in [-0.3, -0.25) is 0 Å². The number of benzene rings is 2. The van der Waals surface area contributed by atoms with Crippen LogP contribution < -0.4 is 0 Å². The zero-order valence-electron chi connectivity index (χ0n) is 12.1. The zero-order chi connectivity index (χ0) is 15.0. The van der Waals surface area contributed by atoms with Crippen molar-refractivity contribution in [1.82, 2.24) is 0 Å². The molecular weight excluding hydrogens is 378 g/mol. The Morgan fingerprint density at radius 3 is 1.71 bits per heavy atom. The summed E-state index contributed by atoms with van der Waals surface area (Å²) in [5.74, 6) is 0.538. The Kier molecular flexibility index (Phi) is 4.74. The van der Waals surface area contributed by atoms with E-state index in [1.165, 1.54) is 39.8 Å². The van der Waals surface area contributed by atoms with E-state index in [4.69, 9.17) is 17.0 Å². The average Bonchev–Trinajstić information content (AvgIpc) is 3.23. The van der Waals surface area contributed by atoms with Crippen molar-refractivity contribution in [3.8, 4) is 11.1 Å². The summed E-state index contributed by atoms with van der Waals surface area (Å²) < 4.78 is 0. The maximum atomic E-state index is 4.93. The molecule has 2 aromatic rings. The van der Waals surface area contributed by atoms with E-state index in [0.29, 0.717) is 5.92 Å². The monoisotopic (exact) mass is 392 g/mol. The number of aryl methyl sites for hydroxylation is 2. The van der Waals surface area contributed by atoms with Gasteiger partial charge in [0.25, 0.3) is 0 Å². The Balaban J connectivity index is 0.000000409. The predicted octanol–water partition coefficient (Wildman–Crippen LogP) is 6.12. The summed E-state index contributed by atoms with van der Waals surface area (Å²) in [5, 5.41) is 0. The van der Waals surface area contributed by atoms with Crippen molar-refractivity contribution in [2.24, 2.45) is 0 Å². The van der Waals surface area contributed by atoms with E-state index in [0.717, 1.165) is 0 Å². The van der Waals surface area contributed by atoms with E-state index < -0.39 is 20.8 Å². The molecule has 0 N–H and O–H groups in total. The van der Waals surface area contributed by atoms with Gasteiger partial charge in [-0.2, -0.15) is 0 Å². The molecule has 2 aromatic carbocycles. The number of rotatable bonds is 1. The van der Waals surface area contributed by atoms with Crippen LogP contribution in [-0.2, 0) is 20.8 Å². The van der Waals surface area contributed by atoms with Gasteiger partial charge in [-0.25, -0.2) is 0 Å². The standard InChI is InChI=1S/C18H16.2ClH.Zr/c1-11-3-7-14-16(9-11)17-10-12(2)4-8-15(17)18(14)13-5-6-13;;;/h3-5,7-10,18H,6H2,1-2H3;2*1H;/q;;;+2/p-2. The van der Waals surface area contributed by atoms with E-state index in [1.54, 1.807) is 5.57 Å². The molecule has 2 aliphatic rings. The first kappa shape index (κ1) is 15.5. The van der Waals surface area contributed by atoms with Gasteiger partial charge < -0.3 is 0 Å². The molecule has 0 aromatic heterocycles. The van der Waals surface area contributed by atoms with Crippen molar-refractivity contribution in [1.29, 1.82) is 0 Å². The van der Waals surface area contributed by atoms with Crippen molar-refractivity contribution in [2.75, 3.05) is 0 Å². The molecule has 21 heavy (non-hydrogen) atoms. The van der Waals surface area contributed by atoms with E-state index >= 15 is 0 Å². The molecule has 0 saturated carbocycles. The summed E-state index contributed by atoms with van der Waals surface area (Å²) in [6, 6.07) is 13.8. The number of hydrogen-bond donors (Lipinski definition) is 0. The topological polar surface area (TPSA) is 0 Å². The quantitative estimate of drug-likeness (QED) is 0.511. The molecule has 0 amide bonds. The zero-order valence-corrected chi connectivity index (χ0v) is 16.1. The van der Waals surface area contributed by atoms with Gasteiger partial charge >= 0.3 is 37.9 Å². The first-order valence-electron chi connectivity index (χ1n) is 7.02. The predicted molar refractivity (Wildman–Crippen MR) is 87.6 cm³/mol. The van der Waals surface area contributed by atoms with Gasteiger partial charge in [-0.05, 0) is 42.5 Å². The van der Waals surface area contributed by atoms with Gasteiger partial charge in [0, 0.05) is 5.92 Å². The van der Waals surface area contributed by atoms with Gasteiger partial charge in [0.2, 0.25) is 0 Å². The minimum atomic E-state index is -0.826. The van der Waals surface area contributed by atoms with Crippen LogP contribution in [0.3, 0.4) is 0 Å². The summed E-state index contributed by atoms with van der Waals surface area (Å²) in [6.07, 6.45) is 3.56. The van der Waals surface area contributed by atoms with Crippen LogP contribution in [0.5, 0.6) is 0 Å². The molecule has 0 atom stereocenters. The second-order valence-corrected chi connectivity index (χ2v) is 9.40. The van der Waals surface area contributed by atoms with Crippen LogP contribution in [-0.4, -0.2) is 0 Å². The SMILES string of the molecule is Cc1ccc2c(c1)-c1cc(C)ccc1C2C1=CC1.[Cl][Zr][Cl]. The Morgan fingerprint density at radius 1 is 0.905 bits per heavy atom. The van der Waals surface area contributed by atoms with Crippen molar-refractivity contribution in [3.63, 3.8) is 0 Å². The summed E-state index contributed by atoms with van der Waals surface area (Å²) in [5.41, 5.74) is 10.2. The molecule has 3 heteroatoms. The van der Waals surface area contributed by atoms with E-state index in [9.17, 15) is 0 Å². The number of halogens is 2. The normalized spacial score (nSPS) is 14.6. The molecule has 0 spiro atoms. The van der Waals surface area contributed by atoms with Gasteiger partial charge in [-0.1, -0.05) is 59.2 Å². The fourth-order valence-electron chi connectivity index (χ4n) is 3.17. The van der Waals surface area contributed by atoms with Gasteiger partial charge in [0.15, 0.2) is 0 Å². The molecule has 0 saturated heterocycles. The molecule has 0 unspecified atom stereocenters. The van der Waals surface area contributed by atoms with Crippen LogP contribution in [0.4, 0.5) is 0 Å². The van der Waals surface area contributed by atoms with E-state index in [1.807, 2.05) is 0 Å². The third kappa shape index (κ3) is 3.07. The number of allylic oxidation sites excluding steroid dienone is 2. The fourth-order valence-corrected chi connectivity index (χ4v) is 3.17. The summed E-state index contributed by atoms with van der Waals surface area (Å²) in [6.45, 7) is 4.36. The van der Waals surface area contributed by atoms with Crippen LogP contribution in [0, 0.1) is 13.8 Å². The molecule has 106 valence electrons. The van der Waals surface area contributed by atoms with Crippen molar-refractivity contribution >= 4 is 17.0 Å². The van der Waals surface area contributed by atoms with Crippen LogP contribution in [0.25, 0.3) is 11.1 Å². The van der Waals surface area contributed by atoms with E-state index in [-0.39, 0.29) is 0 Å². The van der Waals surface area contributed by atoms with Crippen molar-refractivity contribution in [2.45, 2.75) is 26.2 Å². The first-order chi connectivity index (χ1) is 10.2. The Bertz CT molecular complexity index is 668. The van der Waals surface area contributed by atoms with E-state index in [2.05, 4.69) is 56.3 Å². The number of hydrogen-bond acceptors (Lipinski definition) is 0. The second kappa shape index (κ2) is 6.41. The third-order valence-electron chi connectivity index (χ3n) is 4.14. The van der Waals surface area contributed by atoms with Gasteiger partial charge in [0.05, 0.1) is 0 Å². The molecule has 0 aliphatic heterocycles. The van der Waals surface area contributed by atoms with Gasteiger partial charge in [-0.15, -0.1) is 0 Å². The molecule has 0 nitrogen and oxygen atoms in total. The Morgan fingerprint density at radius 2 is 1.33 bits per heavy atom. The molecule has 4 rings (SSSR count).